The number of benzene rings is 1. The van der Waals surface area contributed by atoms with Gasteiger partial charge in [-0.3, -0.25) is 9.59 Å². The van der Waals surface area contributed by atoms with Crippen molar-refractivity contribution in [1.82, 2.24) is 10.2 Å². The molecule has 0 saturated carbocycles. The average molecular weight is 274 g/mol. The maximum atomic E-state index is 12.7. The van der Waals surface area contributed by atoms with E-state index in [9.17, 15) is 9.59 Å². The molecule has 1 unspecified atom stereocenters. The van der Waals surface area contributed by atoms with E-state index in [-0.39, 0.29) is 17.4 Å². The Morgan fingerprint density at radius 2 is 1.85 bits per heavy atom. The first-order valence-electron chi connectivity index (χ1n) is 7.03. The van der Waals surface area contributed by atoms with Crippen LogP contribution in [0.1, 0.15) is 32.8 Å². The van der Waals surface area contributed by atoms with Gasteiger partial charge in [0, 0.05) is 24.9 Å². The molecule has 1 saturated heterocycles. The Kier molecular flexibility index (Phi) is 4.12. The number of amides is 2. The predicted molar refractivity (Wildman–Crippen MR) is 78.2 cm³/mol. The molecule has 1 aromatic carbocycles. The van der Waals surface area contributed by atoms with Gasteiger partial charge in [0.2, 0.25) is 11.8 Å². The Morgan fingerprint density at radius 3 is 2.45 bits per heavy atom. The van der Waals surface area contributed by atoms with Crippen molar-refractivity contribution in [3.63, 3.8) is 0 Å². The molecule has 1 aliphatic heterocycles. The molecule has 0 aromatic heterocycles. The molecule has 20 heavy (non-hydrogen) atoms. The highest BCUT2D eigenvalue weighted by Crippen LogP contribution is 2.19. The zero-order valence-electron chi connectivity index (χ0n) is 12.3. The van der Waals surface area contributed by atoms with Gasteiger partial charge < -0.3 is 10.2 Å². The van der Waals surface area contributed by atoms with E-state index in [4.69, 9.17) is 0 Å². The number of nitrogens with one attached hydrogen (secondary N) is 1. The maximum absolute atomic E-state index is 12.7. The summed E-state index contributed by atoms with van der Waals surface area (Å²) in [6.45, 7) is 6.49. The van der Waals surface area contributed by atoms with Crippen LogP contribution in [0.4, 0.5) is 0 Å². The van der Waals surface area contributed by atoms with Crippen molar-refractivity contribution in [3.8, 4) is 0 Å². The van der Waals surface area contributed by atoms with Gasteiger partial charge in [0.05, 0.1) is 0 Å². The van der Waals surface area contributed by atoms with Crippen molar-refractivity contribution in [3.05, 3.63) is 35.9 Å². The van der Waals surface area contributed by atoms with Gasteiger partial charge in [-0.05, 0) is 26.3 Å². The zero-order valence-corrected chi connectivity index (χ0v) is 12.3. The predicted octanol–water partition coefficient (Wildman–Crippen LogP) is 1.74. The van der Waals surface area contributed by atoms with Gasteiger partial charge >= 0.3 is 0 Å². The second kappa shape index (κ2) is 5.65. The molecule has 0 spiro atoms. The Morgan fingerprint density at radius 1 is 1.20 bits per heavy atom. The van der Waals surface area contributed by atoms with Gasteiger partial charge in [-0.15, -0.1) is 0 Å². The smallest absolute Gasteiger partial charge is 0.245 e. The summed E-state index contributed by atoms with van der Waals surface area (Å²) in [6, 6.07) is 9.32. The van der Waals surface area contributed by atoms with Crippen molar-refractivity contribution in [2.24, 2.45) is 0 Å². The molecular formula is C16H22N2O2. The van der Waals surface area contributed by atoms with Gasteiger partial charge in [-0.2, -0.15) is 0 Å². The first kappa shape index (κ1) is 14.6. The zero-order chi connectivity index (χ0) is 14.8. The molecule has 4 nitrogen and oxygen atoms in total. The van der Waals surface area contributed by atoms with Crippen molar-refractivity contribution in [1.29, 1.82) is 0 Å². The third-order valence-electron chi connectivity index (χ3n) is 3.55. The molecule has 1 N–H and O–H groups in total. The molecule has 2 amide bonds. The van der Waals surface area contributed by atoms with Crippen molar-refractivity contribution in [2.75, 3.05) is 6.54 Å². The van der Waals surface area contributed by atoms with E-state index in [1.54, 1.807) is 4.90 Å². The van der Waals surface area contributed by atoms with Gasteiger partial charge in [-0.1, -0.05) is 30.3 Å². The molecule has 0 aliphatic carbocycles. The first-order chi connectivity index (χ1) is 9.38. The Labute approximate surface area is 120 Å². The van der Waals surface area contributed by atoms with Crippen LogP contribution in [0.2, 0.25) is 0 Å². The number of nitrogens with zero attached hydrogens (tertiary/aromatic N) is 1. The maximum Gasteiger partial charge on any atom is 0.245 e. The first-order valence-corrected chi connectivity index (χ1v) is 7.03. The minimum atomic E-state index is -0.466. The molecule has 1 heterocycles. The summed E-state index contributed by atoms with van der Waals surface area (Å²) >= 11 is 0. The van der Waals surface area contributed by atoms with E-state index in [2.05, 4.69) is 5.32 Å². The summed E-state index contributed by atoms with van der Waals surface area (Å²) in [5, 5.41) is 2.85. The van der Waals surface area contributed by atoms with Gasteiger partial charge in [0.1, 0.15) is 6.04 Å². The quantitative estimate of drug-likeness (QED) is 0.893. The summed E-state index contributed by atoms with van der Waals surface area (Å²) in [6.07, 6.45) is 0.909. The topological polar surface area (TPSA) is 49.4 Å². The Hall–Kier alpha value is -1.84. The largest absolute Gasteiger partial charge is 0.344 e. The number of hydrogen-bond acceptors (Lipinski definition) is 2. The van der Waals surface area contributed by atoms with Crippen LogP contribution in [0, 0.1) is 0 Å². The number of carbonyl (C=O) groups excluding carboxylic acids is 2. The lowest BCUT2D eigenvalue weighted by molar-refractivity contribution is -0.137. The number of carbonyl (C=O) groups is 2. The van der Waals surface area contributed by atoms with E-state index in [1.807, 2.05) is 51.1 Å². The molecule has 0 bridgehead atoms. The molecule has 1 aliphatic rings. The van der Waals surface area contributed by atoms with E-state index in [0.717, 1.165) is 5.56 Å². The van der Waals surface area contributed by atoms with E-state index in [0.29, 0.717) is 19.4 Å². The van der Waals surface area contributed by atoms with Crippen molar-refractivity contribution < 1.29 is 9.59 Å². The second-order valence-electron chi connectivity index (χ2n) is 6.22. The highest BCUT2D eigenvalue weighted by Gasteiger charge is 2.35. The Bertz CT molecular complexity index is 491. The molecule has 2 rings (SSSR count). The Balaban J connectivity index is 2.21. The van der Waals surface area contributed by atoms with Crippen LogP contribution in [-0.4, -0.2) is 34.8 Å². The molecule has 0 radical (unpaired) electrons. The fourth-order valence-electron chi connectivity index (χ4n) is 2.49. The lowest BCUT2D eigenvalue weighted by Gasteiger charge is -2.36. The van der Waals surface area contributed by atoms with Crippen molar-refractivity contribution >= 4 is 11.8 Å². The SMILES string of the molecule is CC(C)(C)N1CCC(=O)NC(Cc2ccccc2)C1=O. The van der Waals surface area contributed by atoms with Crippen LogP contribution in [0.3, 0.4) is 0 Å². The lowest BCUT2D eigenvalue weighted by Crippen LogP contribution is -2.52. The third kappa shape index (κ3) is 3.38. The van der Waals surface area contributed by atoms with E-state index in [1.165, 1.54) is 0 Å². The highest BCUT2D eigenvalue weighted by atomic mass is 16.2. The van der Waals surface area contributed by atoms with Gasteiger partial charge in [0.25, 0.3) is 0 Å². The summed E-state index contributed by atoms with van der Waals surface area (Å²) in [5.74, 6) is -0.0433. The van der Waals surface area contributed by atoms with Crippen LogP contribution >= 0.6 is 0 Å². The number of rotatable bonds is 2. The van der Waals surface area contributed by atoms with Gasteiger partial charge in [0.15, 0.2) is 0 Å². The second-order valence-corrected chi connectivity index (χ2v) is 6.22. The summed E-state index contributed by atoms with van der Waals surface area (Å²) in [5.41, 5.74) is 0.792. The molecule has 4 heteroatoms. The average Bonchev–Trinajstić information content (AvgIpc) is 2.50. The molecule has 108 valence electrons. The van der Waals surface area contributed by atoms with Gasteiger partial charge in [-0.25, -0.2) is 0 Å². The molecule has 1 atom stereocenters. The summed E-state index contributed by atoms with van der Waals surface area (Å²) in [7, 11) is 0. The molecule has 1 aromatic rings. The minimum Gasteiger partial charge on any atom is -0.344 e. The van der Waals surface area contributed by atoms with Crippen LogP contribution in [-0.2, 0) is 16.0 Å². The fourth-order valence-corrected chi connectivity index (χ4v) is 2.49. The normalized spacial score (nSPS) is 20.6. The third-order valence-corrected chi connectivity index (χ3v) is 3.55. The van der Waals surface area contributed by atoms with Crippen LogP contribution in [0.15, 0.2) is 30.3 Å². The molecule has 1 fully saturated rings. The highest BCUT2D eigenvalue weighted by molar-refractivity contribution is 5.90. The van der Waals surface area contributed by atoms with E-state index >= 15 is 0 Å². The number of hydrogen-bond donors (Lipinski definition) is 1. The fraction of sp³-hybridized carbons (Fsp3) is 0.500. The minimum absolute atomic E-state index is 0.00667. The van der Waals surface area contributed by atoms with Crippen LogP contribution in [0.25, 0.3) is 0 Å². The van der Waals surface area contributed by atoms with Crippen LogP contribution in [0.5, 0.6) is 0 Å². The lowest BCUT2D eigenvalue weighted by atomic mass is 10.0. The van der Waals surface area contributed by atoms with Crippen molar-refractivity contribution in [2.45, 2.75) is 45.2 Å². The molecular weight excluding hydrogens is 252 g/mol. The standard InChI is InChI=1S/C16H22N2O2/c1-16(2,3)18-10-9-14(19)17-13(15(18)20)11-12-7-5-4-6-8-12/h4-8,13H,9-11H2,1-3H3,(H,17,19). The summed E-state index contributed by atoms with van der Waals surface area (Å²) in [4.78, 5) is 26.3. The van der Waals surface area contributed by atoms with Crippen LogP contribution < -0.4 is 5.32 Å². The van der Waals surface area contributed by atoms with E-state index < -0.39 is 6.04 Å². The monoisotopic (exact) mass is 274 g/mol. The summed E-state index contributed by atoms with van der Waals surface area (Å²) < 4.78 is 0.